The Balaban J connectivity index is 1.60. The van der Waals surface area contributed by atoms with Crippen LogP contribution in [-0.2, 0) is 0 Å². The molecular weight excluding hydrogens is 396 g/mol. The Kier molecular flexibility index (Phi) is 6.50. The molecule has 3 N–H and O–H groups in total. The van der Waals surface area contributed by atoms with Gasteiger partial charge >= 0.3 is 0 Å². The molecule has 0 bridgehead atoms. The van der Waals surface area contributed by atoms with Crippen molar-refractivity contribution in [2.45, 2.75) is 31.7 Å². The van der Waals surface area contributed by atoms with Gasteiger partial charge in [-0.2, -0.15) is 0 Å². The van der Waals surface area contributed by atoms with Crippen LogP contribution < -0.4 is 15.8 Å². The van der Waals surface area contributed by atoms with Crippen LogP contribution in [0.25, 0.3) is 23.1 Å². The number of methoxy groups -OCH3 is 1. The van der Waals surface area contributed by atoms with E-state index in [0.717, 1.165) is 65.3 Å². The fraction of sp³-hybridized carbons (Fsp3) is 0.333. The van der Waals surface area contributed by atoms with Crippen LogP contribution >= 0.6 is 11.6 Å². The average Bonchev–Trinajstić information content (AvgIpc) is 2.78. The van der Waals surface area contributed by atoms with Gasteiger partial charge < -0.3 is 15.8 Å². The number of anilines is 1. The Labute approximate surface area is 182 Å². The quantitative estimate of drug-likeness (QED) is 0.557. The largest absolute Gasteiger partial charge is 0.497 e. The van der Waals surface area contributed by atoms with Gasteiger partial charge in [-0.15, -0.1) is 0 Å². The second-order valence-electron chi connectivity index (χ2n) is 7.86. The third kappa shape index (κ3) is 5.10. The highest BCUT2D eigenvalue weighted by Crippen LogP contribution is 2.28. The fourth-order valence-corrected chi connectivity index (χ4v) is 3.97. The van der Waals surface area contributed by atoms with Gasteiger partial charge in [0, 0.05) is 23.0 Å². The molecule has 0 saturated heterocycles. The van der Waals surface area contributed by atoms with Gasteiger partial charge in [-0.05, 0) is 73.6 Å². The van der Waals surface area contributed by atoms with Gasteiger partial charge in [0.1, 0.15) is 11.6 Å². The van der Waals surface area contributed by atoms with E-state index in [1.165, 1.54) is 0 Å². The van der Waals surface area contributed by atoms with E-state index in [2.05, 4.69) is 5.32 Å². The smallest absolute Gasteiger partial charge is 0.154 e. The summed E-state index contributed by atoms with van der Waals surface area (Å²) in [6, 6.07) is 13.9. The van der Waals surface area contributed by atoms with Gasteiger partial charge in [0.25, 0.3) is 0 Å². The maximum atomic E-state index is 6.05. The summed E-state index contributed by atoms with van der Waals surface area (Å²) in [4.78, 5) is 9.51. The number of nitrogens with zero attached hydrogens (tertiary/aromatic N) is 2. The van der Waals surface area contributed by atoms with Crippen molar-refractivity contribution in [3.63, 3.8) is 0 Å². The predicted molar refractivity (Wildman–Crippen MR) is 125 cm³/mol. The average molecular weight is 423 g/mol. The summed E-state index contributed by atoms with van der Waals surface area (Å²) in [6.07, 6.45) is 8.43. The normalized spacial score (nSPS) is 19.3. The molecule has 1 aliphatic rings. The molecule has 0 aliphatic heterocycles. The molecule has 1 aliphatic carbocycles. The molecule has 1 saturated carbocycles. The zero-order chi connectivity index (χ0) is 20.9. The first-order valence-electron chi connectivity index (χ1n) is 10.4. The van der Waals surface area contributed by atoms with Crippen molar-refractivity contribution in [1.82, 2.24) is 9.97 Å². The van der Waals surface area contributed by atoms with Gasteiger partial charge in [0.2, 0.25) is 0 Å². The van der Waals surface area contributed by atoms with E-state index in [1.807, 2.05) is 54.6 Å². The first-order chi connectivity index (χ1) is 14.6. The Morgan fingerprint density at radius 2 is 1.83 bits per heavy atom. The van der Waals surface area contributed by atoms with Crippen LogP contribution in [-0.4, -0.2) is 29.7 Å². The molecule has 5 nitrogen and oxygen atoms in total. The summed E-state index contributed by atoms with van der Waals surface area (Å²) in [6.45, 7) is 0.885. The number of nitrogens with two attached hydrogens (primary N) is 1. The van der Waals surface area contributed by atoms with Crippen LogP contribution in [0.5, 0.6) is 5.75 Å². The van der Waals surface area contributed by atoms with E-state index in [4.69, 9.17) is 32.0 Å². The van der Waals surface area contributed by atoms with Gasteiger partial charge in [-0.25, -0.2) is 9.97 Å². The standard InChI is InChI=1S/C24H27ClN4O/c1-30-20-11-12-22-21(14-20)24(27-15-17-4-9-19(26)10-5-17)29-23(28-22)13-6-16-2-7-18(25)8-3-16/h2-3,6-8,11-14,17,19H,4-5,9-10,15,26H2,1H3,(H,27,28,29)/b13-6+. The molecule has 0 radical (unpaired) electrons. The van der Waals surface area contributed by atoms with Crippen molar-refractivity contribution in [1.29, 1.82) is 0 Å². The van der Waals surface area contributed by atoms with Crippen LogP contribution in [0.3, 0.4) is 0 Å². The van der Waals surface area contributed by atoms with Crippen molar-refractivity contribution in [2.24, 2.45) is 11.7 Å². The second-order valence-corrected chi connectivity index (χ2v) is 8.30. The van der Waals surface area contributed by atoms with Gasteiger partial charge in [0.15, 0.2) is 5.82 Å². The number of ether oxygens (including phenoxy) is 1. The maximum absolute atomic E-state index is 6.05. The number of halogens is 1. The number of rotatable bonds is 6. The third-order valence-corrected chi connectivity index (χ3v) is 5.92. The number of hydrogen-bond acceptors (Lipinski definition) is 5. The molecule has 4 rings (SSSR count). The molecule has 1 fully saturated rings. The molecule has 156 valence electrons. The minimum Gasteiger partial charge on any atom is -0.497 e. The maximum Gasteiger partial charge on any atom is 0.154 e. The van der Waals surface area contributed by atoms with E-state index in [0.29, 0.717) is 17.8 Å². The molecule has 1 aromatic heterocycles. The topological polar surface area (TPSA) is 73.1 Å². The molecule has 0 unspecified atom stereocenters. The Morgan fingerprint density at radius 3 is 2.57 bits per heavy atom. The minimum absolute atomic E-state index is 0.356. The van der Waals surface area contributed by atoms with E-state index in [-0.39, 0.29) is 0 Å². The Morgan fingerprint density at radius 1 is 1.07 bits per heavy atom. The van der Waals surface area contributed by atoms with Gasteiger partial charge in [-0.1, -0.05) is 29.8 Å². The van der Waals surface area contributed by atoms with E-state index in [1.54, 1.807) is 7.11 Å². The Bertz CT molecular complexity index is 1030. The third-order valence-electron chi connectivity index (χ3n) is 5.66. The highest BCUT2D eigenvalue weighted by molar-refractivity contribution is 6.30. The van der Waals surface area contributed by atoms with E-state index in [9.17, 15) is 0 Å². The van der Waals surface area contributed by atoms with Crippen molar-refractivity contribution >= 4 is 40.5 Å². The summed E-state index contributed by atoms with van der Waals surface area (Å²) in [5.41, 5.74) is 7.98. The van der Waals surface area contributed by atoms with Crippen molar-refractivity contribution in [3.05, 3.63) is 58.9 Å². The minimum atomic E-state index is 0.356. The molecule has 30 heavy (non-hydrogen) atoms. The van der Waals surface area contributed by atoms with Crippen LogP contribution in [0, 0.1) is 5.92 Å². The lowest BCUT2D eigenvalue weighted by Crippen LogP contribution is -2.29. The summed E-state index contributed by atoms with van der Waals surface area (Å²) >= 11 is 5.97. The lowest BCUT2D eigenvalue weighted by molar-refractivity contribution is 0.338. The van der Waals surface area contributed by atoms with Crippen LogP contribution in [0.1, 0.15) is 37.1 Å². The summed E-state index contributed by atoms with van der Waals surface area (Å²) in [5, 5.41) is 5.25. The van der Waals surface area contributed by atoms with Gasteiger partial charge in [-0.3, -0.25) is 0 Å². The molecule has 2 aromatic carbocycles. The number of hydrogen-bond donors (Lipinski definition) is 2. The first kappa shape index (κ1) is 20.6. The molecule has 0 spiro atoms. The Hall–Kier alpha value is -2.63. The number of fused-ring (bicyclic) bond motifs is 1. The van der Waals surface area contributed by atoms with E-state index < -0.39 is 0 Å². The van der Waals surface area contributed by atoms with E-state index >= 15 is 0 Å². The highest BCUT2D eigenvalue weighted by atomic mass is 35.5. The number of benzene rings is 2. The molecule has 6 heteroatoms. The first-order valence-corrected chi connectivity index (χ1v) is 10.8. The fourth-order valence-electron chi connectivity index (χ4n) is 3.84. The van der Waals surface area contributed by atoms with Crippen LogP contribution in [0.2, 0.25) is 5.02 Å². The molecular formula is C24H27ClN4O. The predicted octanol–water partition coefficient (Wildman–Crippen LogP) is 5.39. The summed E-state index contributed by atoms with van der Waals surface area (Å²) < 4.78 is 5.41. The number of nitrogens with one attached hydrogen (secondary N) is 1. The molecule has 3 aromatic rings. The van der Waals surface area contributed by atoms with Crippen LogP contribution in [0.4, 0.5) is 5.82 Å². The molecule has 0 amide bonds. The molecule has 1 heterocycles. The second kappa shape index (κ2) is 9.45. The van der Waals surface area contributed by atoms with Crippen molar-refractivity contribution < 1.29 is 4.74 Å². The lowest BCUT2D eigenvalue weighted by atomic mass is 9.86. The summed E-state index contributed by atoms with van der Waals surface area (Å²) in [7, 11) is 1.67. The van der Waals surface area contributed by atoms with Gasteiger partial charge in [0.05, 0.1) is 12.6 Å². The van der Waals surface area contributed by atoms with Crippen LogP contribution in [0.15, 0.2) is 42.5 Å². The molecule has 0 atom stereocenters. The summed E-state index contributed by atoms with van der Waals surface area (Å²) in [5.74, 6) is 2.91. The zero-order valence-electron chi connectivity index (χ0n) is 17.1. The zero-order valence-corrected chi connectivity index (χ0v) is 17.9. The van der Waals surface area contributed by atoms with Crippen molar-refractivity contribution in [2.75, 3.05) is 19.0 Å². The SMILES string of the molecule is COc1ccc2nc(/C=C/c3ccc(Cl)cc3)nc(NCC3CCC(N)CC3)c2c1. The highest BCUT2D eigenvalue weighted by Gasteiger charge is 2.19. The lowest BCUT2D eigenvalue weighted by Gasteiger charge is -2.26. The number of aromatic nitrogens is 2. The van der Waals surface area contributed by atoms with Crippen molar-refractivity contribution in [3.8, 4) is 5.75 Å². The monoisotopic (exact) mass is 422 g/mol.